The van der Waals surface area contributed by atoms with Gasteiger partial charge in [0.15, 0.2) is 6.54 Å². The number of rotatable bonds is 5. The number of likely N-dealkylation sites (tertiary alicyclic amines) is 1. The van der Waals surface area contributed by atoms with Crippen molar-refractivity contribution in [1.29, 1.82) is 0 Å². The Balaban J connectivity index is 1.82. The summed E-state index contributed by atoms with van der Waals surface area (Å²) in [6.45, 7) is 4.77. The summed E-state index contributed by atoms with van der Waals surface area (Å²) in [7, 11) is 0. The molecule has 1 aliphatic heterocycles. The van der Waals surface area contributed by atoms with E-state index in [9.17, 15) is 13.6 Å². The van der Waals surface area contributed by atoms with Crippen LogP contribution < -0.4 is 10.2 Å². The van der Waals surface area contributed by atoms with Crippen LogP contribution >= 0.6 is 11.8 Å². The molecule has 1 heterocycles. The lowest BCUT2D eigenvalue weighted by molar-refractivity contribution is -0.900. The van der Waals surface area contributed by atoms with E-state index in [-0.39, 0.29) is 5.91 Å². The molecule has 0 saturated carbocycles. The Morgan fingerprint density at radius 3 is 2.76 bits per heavy atom. The Kier molecular flexibility index (Phi) is 5.99. The van der Waals surface area contributed by atoms with Crippen LogP contribution in [0.2, 0.25) is 0 Å². The fraction of sp³-hybridized carbons (Fsp3) is 0.533. The van der Waals surface area contributed by atoms with E-state index in [0.29, 0.717) is 34.8 Å². The fourth-order valence-electron chi connectivity index (χ4n) is 2.71. The number of anilines is 1. The van der Waals surface area contributed by atoms with E-state index in [1.807, 2.05) is 0 Å². The number of carbonyl (C=O) groups is 1. The largest absolute Gasteiger partial charge is 0.327 e. The number of piperidine rings is 1. The number of carbonyl (C=O) groups excluding carboxylic acids is 1. The zero-order chi connectivity index (χ0) is 15.2. The van der Waals surface area contributed by atoms with E-state index >= 15 is 0 Å². The minimum absolute atomic E-state index is 0.0200. The molecule has 1 unspecified atom stereocenters. The summed E-state index contributed by atoms with van der Waals surface area (Å²) < 4.78 is 24.4. The summed E-state index contributed by atoms with van der Waals surface area (Å²) in [5.41, 5.74) is 0.656. The first-order valence-electron chi connectivity index (χ1n) is 7.21. The van der Waals surface area contributed by atoms with Gasteiger partial charge in [-0.2, -0.15) is 8.78 Å². The van der Waals surface area contributed by atoms with Crippen molar-refractivity contribution in [2.75, 3.05) is 25.0 Å². The highest BCUT2D eigenvalue weighted by Crippen LogP contribution is 2.26. The normalized spacial score (nSPS) is 22.3. The number of nitrogens with one attached hydrogen (secondary N) is 2. The zero-order valence-electron chi connectivity index (χ0n) is 12.1. The molecule has 21 heavy (non-hydrogen) atoms. The zero-order valence-corrected chi connectivity index (χ0v) is 12.9. The van der Waals surface area contributed by atoms with Crippen molar-refractivity contribution in [3.8, 4) is 0 Å². The molecule has 1 amide bonds. The van der Waals surface area contributed by atoms with Crippen molar-refractivity contribution in [2.45, 2.75) is 30.4 Å². The first-order valence-corrected chi connectivity index (χ1v) is 8.09. The first kappa shape index (κ1) is 16.2. The van der Waals surface area contributed by atoms with Crippen molar-refractivity contribution < 1.29 is 18.5 Å². The molecule has 3 nitrogen and oxygen atoms in total. The highest BCUT2D eigenvalue weighted by Gasteiger charge is 2.21. The lowest BCUT2D eigenvalue weighted by Gasteiger charge is -2.27. The van der Waals surface area contributed by atoms with Gasteiger partial charge in [-0.05, 0) is 37.1 Å². The SMILES string of the molecule is C[C@@H]1CCC[NH+](CC(=O)Nc2ccc(SC(F)F)cc2)C1. The molecule has 0 bridgehead atoms. The van der Waals surface area contributed by atoms with E-state index in [0.717, 1.165) is 13.1 Å². The lowest BCUT2D eigenvalue weighted by atomic mass is 10.0. The number of halogens is 2. The summed E-state index contributed by atoms with van der Waals surface area (Å²) in [6, 6.07) is 6.53. The third kappa shape index (κ3) is 5.63. The first-order chi connectivity index (χ1) is 10.0. The third-order valence-corrected chi connectivity index (χ3v) is 4.36. The van der Waals surface area contributed by atoms with Crippen molar-refractivity contribution in [3.63, 3.8) is 0 Å². The monoisotopic (exact) mass is 315 g/mol. The fourth-order valence-corrected chi connectivity index (χ4v) is 3.21. The second-order valence-electron chi connectivity index (χ2n) is 5.58. The highest BCUT2D eigenvalue weighted by molar-refractivity contribution is 7.99. The predicted molar refractivity (Wildman–Crippen MR) is 80.9 cm³/mol. The Hall–Kier alpha value is -1.14. The van der Waals surface area contributed by atoms with E-state index < -0.39 is 5.76 Å². The third-order valence-electron chi connectivity index (χ3n) is 3.64. The van der Waals surface area contributed by atoms with Gasteiger partial charge >= 0.3 is 0 Å². The van der Waals surface area contributed by atoms with Crippen molar-refractivity contribution in [3.05, 3.63) is 24.3 Å². The van der Waals surface area contributed by atoms with Crippen LogP contribution in [0.5, 0.6) is 0 Å². The second-order valence-corrected chi connectivity index (χ2v) is 6.64. The maximum atomic E-state index is 12.2. The van der Waals surface area contributed by atoms with Crippen LogP contribution in [0.1, 0.15) is 19.8 Å². The van der Waals surface area contributed by atoms with Gasteiger partial charge in [-0.15, -0.1) is 0 Å². The molecular formula is C15H21F2N2OS+. The van der Waals surface area contributed by atoms with Gasteiger partial charge in [0.2, 0.25) is 0 Å². The van der Waals surface area contributed by atoms with Gasteiger partial charge in [0.1, 0.15) is 0 Å². The predicted octanol–water partition coefficient (Wildman–Crippen LogP) is 2.25. The minimum Gasteiger partial charge on any atom is -0.327 e. The number of hydrogen-bond acceptors (Lipinski definition) is 2. The summed E-state index contributed by atoms with van der Waals surface area (Å²) in [6.07, 6.45) is 2.41. The molecule has 2 N–H and O–H groups in total. The summed E-state index contributed by atoms with van der Waals surface area (Å²) in [4.78, 5) is 13.8. The number of quaternary nitrogens is 1. The molecule has 0 aromatic heterocycles. The smallest absolute Gasteiger partial charge is 0.288 e. The number of alkyl halides is 2. The average Bonchev–Trinajstić information content (AvgIpc) is 2.40. The number of benzene rings is 1. The van der Waals surface area contributed by atoms with E-state index in [4.69, 9.17) is 0 Å². The molecule has 0 spiro atoms. The Labute approximate surface area is 128 Å². The standard InChI is InChI=1S/C15H20F2N2OS/c1-11-3-2-8-19(9-11)10-14(20)18-12-4-6-13(7-5-12)21-15(16)17/h4-7,11,15H,2-3,8-10H2,1H3,(H,18,20)/p+1/t11-/m1/s1. The minimum atomic E-state index is -2.42. The Morgan fingerprint density at radius 1 is 1.43 bits per heavy atom. The van der Waals surface area contributed by atoms with Gasteiger partial charge < -0.3 is 10.2 Å². The molecule has 1 aromatic rings. The summed E-state index contributed by atoms with van der Waals surface area (Å²) in [5, 5.41) is 2.83. The van der Waals surface area contributed by atoms with Crippen molar-refractivity contribution in [2.24, 2.45) is 5.92 Å². The van der Waals surface area contributed by atoms with E-state index in [2.05, 4.69) is 12.2 Å². The Morgan fingerprint density at radius 2 is 2.14 bits per heavy atom. The maximum Gasteiger partial charge on any atom is 0.288 e. The molecule has 2 rings (SSSR count). The van der Waals surface area contributed by atoms with Crippen molar-refractivity contribution >= 4 is 23.4 Å². The molecular weight excluding hydrogens is 294 g/mol. The molecule has 1 saturated heterocycles. The molecule has 0 radical (unpaired) electrons. The number of amides is 1. The van der Waals surface area contributed by atoms with Crippen LogP contribution in [0.15, 0.2) is 29.2 Å². The van der Waals surface area contributed by atoms with E-state index in [1.165, 1.54) is 17.7 Å². The molecule has 1 fully saturated rings. The molecule has 2 atom stereocenters. The highest BCUT2D eigenvalue weighted by atomic mass is 32.2. The van der Waals surface area contributed by atoms with Crippen LogP contribution in [-0.2, 0) is 4.79 Å². The van der Waals surface area contributed by atoms with Crippen LogP contribution in [0.4, 0.5) is 14.5 Å². The van der Waals surface area contributed by atoms with Crippen LogP contribution in [0, 0.1) is 5.92 Å². The summed E-state index contributed by atoms with van der Waals surface area (Å²) >= 11 is 0.505. The van der Waals surface area contributed by atoms with Crippen LogP contribution in [-0.4, -0.2) is 31.3 Å². The van der Waals surface area contributed by atoms with Crippen LogP contribution in [0.25, 0.3) is 0 Å². The van der Waals surface area contributed by atoms with Crippen LogP contribution in [0.3, 0.4) is 0 Å². The van der Waals surface area contributed by atoms with Gasteiger partial charge in [-0.3, -0.25) is 4.79 Å². The number of hydrogen-bond donors (Lipinski definition) is 2. The molecule has 1 aromatic carbocycles. The second kappa shape index (κ2) is 7.75. The Bertz CT molecular complexity index is 467. The summed E-state index contributed by atoms with van der Waals surface area (Å²) in [5.74, 6) is -1.77. The van der Waals surface area contributed by atoms with E-state index in [1.54, 1.807) is 24.3 Å². The van der Waals surface area contributed by atoms with Crippen molar-refractivity contribution in [1.82, 2.24) is 0 Å². The molecule has 0 aliphatic carbocycles. The number of thioether (sulfide) groups is 1. The molecule has 116 valence electrons. The van der Waals surface area contributed by atoms with Gasteiger partial charge in [-0.1, -0.05) is 18.7 Å². The lowest BCUT2D eigenvalue weighted by Crippen LogP contribution is -3.14. The average molecular weight is 315 g/mol. The quantitative estimate of drug-likeness (QED) is 0.817. The van der Waals surface area contributed by atoms with Gasteiger partial charge in [0, 0.05) is 16.5 Å². The molecule has 1 aliphatic rings. The van der Waals surface area contributed by atoms with Gasteiger partial charge in [0.05, 0.1) is 13.1 Å². The van der Waals surface area contributed by atoms with Gasteiger partial charge in [-0.25, -0.2) is 0 Å². The topological polar surface area (TPSA) is 33.5 Å². The molecule has 6 heteroatoms. The maximum absolute atomic E-state index is 12.2. The van der Waals surface area contributed by atoms with Gasteiger partial charge in [0.25, 0.3) is 11.7 Å².